The lowest BCUT2D eigenvalue weighted by Gasteiger charge is -1.93. The van der Waals surface area contributed by atoms with Gasteiger partial charge in [0.2, 0.25) is 0 Å². The Morgan fingerprint density at radius 2 is 0.356 bits per heavy atom. The third kappa shape index (κ3) is 82.9. The highest BCUT2D eigenvalue weighted by atomic mass is 14.0. The molecule has 0 aliphatic heterocycles. The molecule has 0 aliphatic carbocycles. The van der Waals surface area contributed by atoms with Crippen molar-refractivity contribution in [1.82, 2.24) is 6.15 Å². The molecule has 1 nitrogen and oxygen atoms in total. The van der Waals surface area contributed by atoms with Gasteiger partial charge in [-0.2, -0.15) is 0 Å². The molecular weight excluding hydrogens is 879 g/mol. The molecule has 0 heterocycles. The van der Waals surface area contributed by atoms with Crippen LogP contribution in [-0.4, -0.2) is 0 Å². The molecule has 0 aliphatic rings. The lowest BCUT2D eigenvalue weighted by molar-refractivity contribution is 1.09. The van der Waals surface area contributed by atoms with E-state index in [-0.39, 0.29) is 59.6 Å². The van der Waals surface area contributed by atoms with Crippen molar-refractivity contribution in [3.8, 4) is 0 Å². The van der Waals surface area contributed by atoms with Gasteiger partial charge in [0.25, 0.3) is 0 Å². The SMILES string of the molecule is C.C.C.C.C.C.C.CC.CC.CCC.CCC.Cc1ccc(C)cc1.Cc1cccc(C)c1.Cc1ccccc1.Cc1ccccc1C.N.[HH].c1ccccc1.c1ccccc1.c1ccccc1.c1ccccc1. The van der Waals surface area contributed by atoms with Crippen LogP contribution in [0.3, 0.4) is 0 Å². The van der Waals surface area contributed by atoms with Crippen molar-refractivity contribution in [2.45, 2.75) is 169 Å². The number of hydrogen-bond donors (Lipinski definition) is 1. The first-order chi connectivity index (χ1) is 31.6. The van der Waals surface area contributed by atoms with Crippen LogP contribution < -0.4 is 6.15 Å². The Morgan fingerprint density at radius 3 is 0.479 bits per heavy atom. The molecule has 0 bridgehead atoms. The predicted octanol–water partition coefficient (Wildman–Crippen LogP) is 25.4. The topological polar surface area (TPSA) is 35.0 Å². The molecule has 8 aromatic rings. The highest BCUT2D eigenvalue weighted by Gasteiger charge is 1.84. The fourth-order valence-corrected chi connectivity index (χ4v) is 4.18. The highest BCUT2D eigenvalue weighted by Crippen LogP contribution is 2.03. The van der Waals surface area contributed by atoms with E-state index in [0.29, 0.717) is 0 Å². The van der Waals surface area contributed by atoms with Gasteiger partial charge >= 0.3 is 0 Å². The number of aryl methyl sites for hydroxylation is 7. The normalized spacial score (nSPS) is 7.16. The molecule has 0 saturated carbocycles. The van der Waals surface area contributed by atoms with Crippen molar-refractivity contribution >= 4 is 0 Å². The first-order valence-electron chi connectivity index (χ1n) is 23.7. The number of benzene rings is 8. The molecule has 3 N–H and O–H groups in total. The van der Waals surface area contributed by atoms with Crippen molar-refractivity contribution in [2.75, 3.05) is 0 Å². The molecule has 1 heteroatoms. The molecular formula is C72H123N. The van der Waals surface area contributed by atoms with Gasteiger partial charge < -0.3 is 6.15 Å². The fourth-order valence-electron chi connectivity index (χ4n) is 4.18. The van der Waals surface area contributed by atoms with E-state index in [4.69, 9.17) is 0 Å². The number of hydrogen-bond acceptors (Lipinski definition) is 1. The molecule has 0 spiro atoms. The summed E-state index contributed by atoms with van der Waals surface area (Å²) >= 11 is 0. The molecule has 8 rings (SSSR count). The molecule has 0 atom stereocenters. The van der Waals surface area contributed by atoms with Gasteiger partial charge in [-0.05, 0) is 59.6 Å². The molecule has 0 unspecified atom stereocenters. The Labute approximate surface area is 461 Å². The highest BCUT2D eigenvalue weighted by molar-refractivity contribution is 5.23. The smallest absolute Gasteiger partial charge is 0 e. The van der Waals surface area contributed by atoms with Gasteiger partial charge in [0, 0.05) is 1.43 Å². The molecule has 0 amide bonds. The average Bonchev–Trinajstić information content (AvgIpc) is 3.36. The predicted molar refractivity (Wildman–Crippen MR) is 354 cm³/mol. The van der Waals surface area contributed by atoms with Crippen molar-refractivity contribution in [2.24, 2.45) is 0 Å². The molecule has 73 heavy (non-hydrogen) atoms. The zero-order valence-electron chi connectivity index (χ0n) is 44.3. The summed E-state index contributed by atoms with van der Waals surface area (Å²) in [6.07, 6.45) is 2.50. The Balaban J connectivity index is -0.0000000502. The third-order valence-electron chi connectivity index (χ3n) is 7.42. The van der Waals surface area contributed by atoms with E-state index in [2.05, 4.69) is 161 Å². The summed E-state index contributed by atoms with van der Waals surface area (Å²) in [5.74, 6) is 0. The third-order valence-corrected chi connectivity index (χ3v) is 7.42. The van der Waals surface area contributed by atoms with Gasteiger partial charge in [-0.25, -0.2) is 0 Å². The zero-order chi connectivity index (χ0) is 49.4. The Hall–Kier alpha value is -6.28. The van der Waals surface area contributed by atoms with E-state index in [1.807, 2.05) is 191 Å². The molecule has 0 aromatic heterocycles. The fraction of sp³-hybridized carbons (Fsp3) is 0.333. The summed E-state index contributed by atoms with van der Waals surface area (Å²) in [6, 6.07) is 83.5. The van der Waals surface area contributed by atoms with E-state index in [1.54, 1.807) is 0 Å². The lowest BCUT2D eigenvalue weighted by Crippen LogP contribution is -1.74. The summed E-state index contributed by atoms with van der Waals surface area (Å²) in [5.41, 5.74) is 9.39. The van der Waals surface area contributed by atoms with Crippen LogP contribution in [0.5, 0.6) is 0 Å². The monoisotopic (exact) mass is 1000 g/mol. The van der Waals surface area contributed by atoms with Gasteiger partial charge in [0.15, 0.2) is 0 Å². The molecule has 8 aromatic carbocycles. The molecule has 0 fully saturated rings. The van der Waals surface area contributed by atoms with Crippen LogP contribution in [0.15, 0.2) is 249 Å². The minimum Gasteiger partial charge on any atom is -0.344 e. The van der Waals surface area contributed by atoms with Crippen LogP contribution >= 0.6 is 0 Å². The summed E-state index contributed by atoms with van der Waals surface area (Å²) in [4.78, 5) is 0. The van der Waals surface area contributed by atoms with Crippen molar-refractivity contribution in [1.29, 1.82) is 0 Å². The van der Waals surface area contributed by atoms with E-state index in [9.17, 15) is 0 Å². The maximum absolute atomic E-state index is 2.17. The van der Waals surface area contributed by atoms with Crippen LogP contribution in [-0.2, 0) is 0 Å². The second-order valence-electron chi connectivity index (χ2n) is 14.1. The van der Waals surface area contributed by atoms with Gasteiger partial charge in [-0.3, -0.25) is 0 Å². The van der Waals surface area contributed by atoms with Crippen LogP contribution in [0.1, 0.15) is 161 Å². The number of rotatable bonds is 0. The largest absolute Gasteiger partial charge is 0.344 e. The zero-order valence-corrected chi connectivity index (χ0v) is 44.3. The van der Waals surface area contributed by atoms with Gasteiger partial charge in [0.05, 0.1) is 0 Å². The van der Waals surface area contributed by atoms with Gasteiger partial charge in [0.1, 0.15) is 0 Å². The van der Waals surface area contributed by atoms with E-state index in [1.165, 1.54) is 51.8 Å². The Morgan fingerprint density at radius 1 is 0.219 bits per heavy atom. The van der Waals surface area contributed by atoms with E-state index >= 15 is 0 Å². The minimum atomic E-state index is 0. The standard InChI is InChI=1S/3C8H10.C7H8.4C6H6.2C3H8.2C2H6.7CH4.H3N.H2/c1-7-3-5-8(2)6-4-7;1-7-4-3-5-8(2)6-7;1-7-5-3-4-6-8(7)2;1-7-5-3-2-4-6-7;4*1-2-4-6-5-3-1;2*1-3-2;2*1-2;;;;;;;;;/h3*3-6H,1-2H3;2-6H,1H3;4*1-6H;2*3H2,1-2H3;2*1-2H3;7*1H4;1H3;1H. The van der Waals surface area contributed by atoms with Crippen LogP contribution in [0, 0.1) is 48.5 Å². The first kappa shape index (κ1) is 96.2. The second-order valence-corrected chi connectivity index (χ2v) is 14.1. The maximum atomic E-state index is 2.17. The van der Waals surface area contributed by atoms with Gasteiger partial charge in [-0.15, -0.1) is 0 Å². The lowest BCUT2D eigenvalue weighted by atomic mass is 10.1. The van der Waals surface area contributed by atoms with Crippen molar-refractivity contribution < 1.29 is 1.43 Å². The summed E-state index contributed by atoms with van der Waals surface area (Å²) < 4.78 is 0. The summed E-state index contributed by atoms with van der Waals surface area (Å²) in [7, 11) is 0. The molecule has 0 radical (unpaired) electrons. The average molecular weight is 1000 g/mol. The second kappa shape index (κ2) is 82.6. The quantitative estimate of drug-likeness (QED) is 0.161. The molecule has 416 valence electrons. The van der Waals surface area contributed by atoms with E-state index < -0.39 is 0 Å². The summed E-state index contributed by atoms with van der Waals surface area (Å²) in [5, 5.41) is 0. The van der Waals surface area contributed by atoms with Crippen molar-refractivity contribution in [3.05, 3.63) is 288 Å². The van der Waals surface area contributed by atoms with Crippen LogP contribution in [0.4, 0.5) is 0 Å². The van der Waals surface area contributed by atoms with Crippen LogP contribution in [0.25, 0.3) is 0 Å². The van der Waals surface area contributed by atoms with Gasteiger partial charge in [-0.1, -0.05) is 397 Å². The molecule has 0 saturated heterocycles. The first-order valence-corrected chi connectivity index (χ1v) is 23.7. The Kier molecular flexibility index (Phi) is 109. The maximum Gasteiger partial charge on any atom is 0 e. The minimum absolute atomic E-state index is 0. The van der Waals surface area contributed by atoms with Crippen LogP contribution in [0.2, 0.25) is 0 Å². The Bertz CT molecular complexity index is 1670. The van der Waals surface area contributed by atoms with E-state index in [0.717, 1.165) is 0 Å². The summed E-state index contributed by atoms with van der Waals surface area (Å²) in [6.45, 7) is 31.2. The van der Waals surface area contributed by atoms with Crippen molar-refractivity contribution in [3.63, 3.8) is 0 Å².